The molecule has 2 aliphatic carbocycles. The second-order valence-electron chi connectivity index (χ2n) is 6.22. The zero-order chi connectivity index (χ0) is 14.8. The third kappa shape index (κ3) is 4.11. The monoisotopic (exact) mass is 292 g/mol. The Bertz CT molecular complexity index is 338. The first kappa shape index (κ1) is 15.6. The number of carbonyl (C=O) groups excluding carboxylic acids is 1. The van der Waals surface area contributed by atoms with Crippen molar-refractivity contribution in [2.75, 3.05) is 0 Å². The SMILES string of the molecule is NC1CCC(NC(=O)C2CCCC(C(F)(F)F)C2)CC1. The predicted molar refractivity (Wildman–Crippen MR) is 69.9 cm³/mol. The molecule has 2 unspecified atom stereocenters. The second kappa shape index (κ2) is 6.33. The summed E-state index contributed by atoms with van der Waals surface area (Å²) >= 11 is 0. The number of alkyl halides is 3. The van der Waals surface area contributed by atoms with E-state index in [9.17, 15) is 18.0 Å². The van der Waals surface area contributed by atoms with E-state index >= 15 is 0 Å². The van der Waals surface area contributed by atoms with Crippen LogP contribution in [0.15, 0.2) is 0 Å². The smallest absolute Gasteiger partial charge is 0.353 e. The molecular weight excluding hydrogens is 269 g/mol. The topological polar surface area (TPSA) is 55.1 Å². The van der Waals surface area contributed by atoms with Gasteiger partial charge in [0.1, 0.15) is 0 Å². The van der Waals surface area contributed by atoms with Crippen molar-refractivity contribution in [1.29, 1.82) is 0 Å². The van der Waals surface area contributed by atoms with E-state index in [-0.39, 0.29) is 30.8 Å². The molecule has 0 heterocycles. The van der Waals surface area contributed by atoms with Crippen molar-refractivity contribution in [2.24, 2.45) is 17.6 Å². The van der Waals surface area contributed by atoms with E-state index < -0.39 is 18.0 Å². The standard InChI is InChI=1S/C14H23F3N2O/c15-14(16,17)10-3-1-2-9(8-10)13(20)19-12-6-4-11(18)5-7-12/h9-12H,1-8,18H2,(H,19,20). The molecule has 2 rings (SSSR count). The minimum atomic E-state index is -4.17. The summed E-state index contributed by atoms with van der Waals surface area (Å²) in [5, 5.41) is 2.92. The molecule has 2 saturated carbocycles. The lowest BCUT2D eigenvalue weighted by Gasteiger charge is -2.32. The van der Waals surface area contributed by atoms with Gasteiger partial charge >= 0.3 is 6.18 Å². The van der Waals surface area contributed by atoms with Crippen molar-refractivity contribution in [3.05, 3.63) is 0 Å². The molecule has 0 aromatic carbocycles. The first-order valence-electron chi connectivity index (χ1n) is 7.49. The second-order valence-corrected chi connectivity index (χ2v) is 6.22. The summed E-state index contributed by atoms with van der Waals surface area (Å²) in [5.74, 6) is -1.99. The number of hydrogen-bond donors (Lipinski definition) is 2. The average molecular weight is 292 g/mol. The molecular formula is C14H23F3N2O. The van der Waals surface area contributed by atoms with Gasteiger partial charge in [0.25, 0.3) is 0 Å². The van der Waals surface area contributed by atoms with Crippen LogP contribution in [0.4, 0.5) is 13.2 Å². The normalized spacial score (nSPS) is 35.6. The zero-order valence-electron chi connectivity index (χ0n) is 11.6. The van der Waals surface area contributed by atoms with Gasteiger partial charge in [0.2, 0.25) is 5.91 Å². The highest BCUT2D eigenvalue weighted by Crippen LogP contribution is 2.40. The predicted octanol–water partition coefficient (Wildman–Crippen LogP) is 2.74. The van der Waals surface area contributed by atoms with Crippen LogP contribution in [0.5, 0.6) is 0 Å². The Hall–Kier alpha value is -0.780. The molecule has 0 bridgehead atoms. The molecule has 3 N–H and O–H groups in total. The molecule has 0 aromatic rings. The number of hydrogen-bond acceptors (Lipinski definition) is 2. The summed E-state index contributed by atoms with van der Waals surface area (Å²) in [4.78, 5) is 12.1. The largest absolute Gasteiger partial charge is 0.391 e. The molecule has 2 aliphatic rings. The zero-order valence-corrected chi connectivity index (χ0v) is 11.6. The first-order valence-corrected chi connectivity index (χ1v) is 7.49. The van der Waals surface area contributed by atoms with Crippen LogP contribution in [0.25, 0.3) is 0 Å². The van der Waals surface area contributed by atoms with E-state index in [4.69, 9.17) is 5.73 Å². The highest BCUT2D eigenvalue weighted by Gasteiger charge is 2.43. The van der Waals surface area contributed by atoms with Gasteiger partial charge in [-0.1, -0.05) is 6.42 Å². The molecule has 2 fully saturated rings. The third-order valence-electron chi connectivity index (χ3n) is 4.63. The number of nitrogens with two attached hydrogens (primary N) is 1. The van der Waals surface area contributed by atoms with E-state index in [1.54, 1.807) is 0 Å². The van der Waals surface area contributed by atoms with Crippen molar-refractivity contribution >= 4 is 5.91 Å². The maximum absolute atomic E-state index is 12.7. The average Bonchev–Trinajstić information content (AvgIpc) is 2.40. The lowest BCUT2D eigenvalue weighted by molar-refractivity contribution is -0.186. The molecule has 20 heavy (non-hydrogen) atoms. The minimum Gasteiger partial charge on any atom is -0.353 e. The van der Waals surface area contributed by atoms with Crippen molar-refractivity contribution in [3.63, 3.8) is 0 Å². The van der Waals surface area contributed by atoms with Crippen LogP contribution in [-0.4, -0.2) is 24.2 Å². The number of nitrogens with one attached hydrogen (secondary N) is 1. The number of carbonyl (C=O) groups is 1. The van der Waals surface area contributed by atoms with Gasteiger partial charge in [-0.2, -0.15) is 13.2 Å². The molecule has 0 aromatic heterocycles. The summed E-state index contributed by atoms with van der Waals surface area (Å²) in [7, 11) is 0. The van der Waals surface area contributed by atoms with Crippen LogP contribution in [0.1, 0.15) is 51.4 Å². The van der Waals surface area contributed by atoms with Gasteiger partial charge in [0.05, 0.1) is 5.92 Å². The fourth-order valence-electron chi connectivity index (χ4n) is 3.31. The third-order valence-corrected chi connectivity index (χ3v) is 4.63. The molecule has 2 atom stereocenters. The van der Waals surface area contributed by atoms with E-state index in [2.05, 4.69) is 5.32 Å². The number of halogens is 3. The van der Waals surface area contributed by atoms with Gasteiger partial charge in [-0.05, 0) is 44.9 Å². The van der Waals surface area contributed by atoms with Gasteiger partial charge in [0, 0.05) is 18.0 Å². The molecule has 1 amide bonds. The summed E-state index contributed by atoms with van der Waals surface area (Å²) in [5.41, 5.74) is 5.80. The fourth-order valence-corrected chi connectivity index (χ4v) is 3.31. The Labute approximate surface area is 117 Å². The van der Waals surface area contributed by atoms with Crippen molar-refractivity contribution < 1.29 is 18.0 Å². The van der Waals surface area contributed by atoms with Gasteiger partial charge < -0.3 is 11.1 Å². The van der Waals surface area contributed by atoms with Crippen molar-refractivity contribution in [2.45, 2.75) is 69.6 Å². The minimum absolute atomic E-state index is 0.0540. The van der Waals surface area contributed by atoms with Crippen LogP contribution < -0.4 is 11.1 Å². The van der Waals surface area contributed by atoms with Crippen molar-refractivity contribution in [3.8, 4) is 0 Å². The van der Waals surface area contributed by atoms with Gasteiger partial charge in [-0.3, -0.25) is 4.79 Å². The molecule has 3 nitrogen and oxygen atoms in total. The molecule has 6 heteroatoms. The summed E-state index contributed by atoms with van der Waals surface area (Å²) in [6.45, 7) is 0. The Morgan fingerprint density at radius 2 is 1.70 bits per heavy atom. The first-order chi connectivity index (χ1) is 9.36. The van der Waals surface area contributed by atoms with Gasteiger partial charge in [0.15, 0.2) is 0 Å². The molecule has 0 saturated heterocycles. The maximum Gasteiger partial charge on any atom is 0.391 e. The van der Waals surface area contributed by atoms with E-state index in [1.807, 2.05) is 0 Å². The summed E-state index contributed by atoms with van der Waals surface area (Å²) in [6.07, 6.45) is 0.415. The van der Waals surface area contributed by atoms with E-state index in [0.29, 0.717) is 12.8 Å². The Kier molecular flexibility index (Phi) is 4.94. The number of amides is 1. The van der Waals surface area contributed by atoms with E-state index in [1.165, 1.54) is 0 Å². The summed E-state index contributed by atoms with van der Waals surface area (Å²) in [6, 6.07) is 0.293. The Balaban J connectivity index is 1.83. The van der Waals surface area contributed by atoms with Gasteiger partial charge in [-0.15, -0.1) is 0 Å². The van der Waals surface area contributed by atoms with Crippen LogP contribution in [0, 0.1) is 11.8 Å². The summed E-state index contributed by atoms with van der Waals surface area (Å²) < 4.78 is 38.2. The lowest BCUT2D eigenvalue weighted by Crippen LogP contribution is -2.44. The van der Waals surface area contributed by atoms with Crippen LogP contribution in [0.2, 0.25) is 0 Å². The maximum atomic E-state index is 12.7. The van der Waals surface area contributed by atoms with Crippen LogP contribution in [0.3, 0.4) is 0 Å². The Morgan fingerprint density at radius 1 is 1.05 bits per heavy atom. The van der Waals surface area contributed by atoms with Crippen molar-refractivity contribution in [1.82, 2.24) is 5.32 Å². The van der Waals surface area contributed by atoms with Crippen LogP contribution >= 0.6 is 0 Å². The molecule has 116 valence electrons. The van der Waals surface area contributed by atoms with E-state index in [0.717, 1.165) is 25.7 Å². The lowest BCUT2D eigenvalue weighted by atomic mass is 9.80. The fraction of sp³-hybridized carbons (Fsp3) is 0.929. The molecule has 0 aliphatic heterocycles. The highest BCUT2D eigenvalue weighted by atomic mass is 19.4. The number of rotatable bonds is 2. The van der Waals surface area contributed by atoms with Crippen LogP contribution in [-0.2, 0) is 4.79 Å². The quantitative estimate of drug-likeness (QED) is 0.822. The molecule has 0 radical (unpaired) electrons. The highest BCUT2D eigenvalue weighted by molar-refractivity contribution is 5.79. The Morgan fingerprint density at radius 3 is 2.30 bits per heavy atom. The van der Waals surface area contributed by atoms with Gasteiger partial charge in [-0.25, -0.2) is 0 Å². The molecule has 0 spiro atoms.